The van der Waals surface area contributed by atoms with Gasteiger partial charge < -0.3 is 25.0 Å². The summed E-state index contributed by atoms with van der Waals surface area (Å²) in [6, 6.07) is 11.0. The van der Waals surface area contributed by atoms with Crippen molar-refractivity contribution in [2.45, 2.75) is 31.9 Å². The van der Waals surface area contributed by atoms with Crippen LogP contribution in [0.4, 0.5) is 10.6 Å². The maximum atomic E-state index is 12.9. The van der Waals surface area contributed by atoms with E-state index < -0.39 is 0 Å². The van der Waals surface area contributed by atoms with Crippen LogP contribution < -0.4 is 10.2 Å². The summed E-state index contributed by atoms with van der Waals surface area (Å²) in [6.07, 6.45) is 1.71. The van der Waals surface area contributed by atoms with Crippen molar-refractivity contribution in [2.24, 2.45) is 0 Å². The first-order chi connectivity index (χ1) is 14.1. The van der Waals surface area contributed by atoms with Gasteiger partial charge in [0.2, 0.25) is 0 Å². The molecule has 154 valence electrons. The van der Waals surface area contributed by atoms with Gasteiger partial charge in [0.25, 0.3) is 0 Å². The molecule has 1 aromatic heterocycles. The van der Waals surface area contributed by atoms with E-state index in [4.69, 9.17) is 4.74 Å². The lowest BCUT2D eigenvalue weighted by Gasteiger charge is -2.37. The molecule has 29 heavy (non-hydrogen) atoms. The lowest BCUT2D eigenvalue weighted by molar-refractivity contribution is -0.0159. The summed E-state index contributed by atoms with van der Waals surface area (Å²) in [4.78, 5) is 16.8. The number of hydrogen-bond acceptors (Lipinski definition) is 6. The van der Waals surface area contributed by atoms with Gasteiger partial charge in [-0.15, -0.1) is 5.10 Å². The van der Waals surface area contributed by atoms with Crippen LogP contribution in [0.15, 0.2) is 36.4 Å². The van der Waals surface area contributed by atoms with Crippen molar-refractivity contribution in [2.75, 3.05) is 37.7 Å². The first kappa shape index (κ1) is 19.4. The molecule has 2 amide bonds. The summed E-state index contributed by atoms with van der Waals surface area (Å²) >= 11 is 0. The summed E-state index contributed by atoms with van der Waals surface area (Å²) in [5.41, 5.74) is 1.77. The summed E-state index contributed by atoms with van der Waals surface area (Å²) in [7, 11) is 0. The van der Waals surface area contributed by atoms with Gasteiger partial charge in [0.15, 0.2) is 5.82 Å². The van der Waals surface area contributed by atoms with E-state index in [9.17, 15) is 9.90 Å². The highest BCUT2D eigenvalue weighted by Crippen LogP contribution is 2.25. The number of anilines is 1. The molecule has 2 unspecified atom stereocenters. The maximum Gasteiger partial charge on any atom is 0.317 e. The molecule has 2 aromatic rings. The summed E-state index contributed by atoms with van der Waals surface area (Å²) in [5, 5.41) is 21.3. The van der Waals surface area contributed by atoms with E-state index in [1.807, 2.05) is 25.1 Å². The van der Waals surface area contributed by atoms with Gasteiger partial charge >= 0.3 is 6.03 Å². The number of nitrogens with zero attached hydrogens (tertiary/aromatic N) is 4. The zero-order valence-corrected chi connectivity index (χ0v) is 16.6. The minimum atomic E-state index is -0.229. The van der Waals surface area contributed by atoms with Crippen LogP contribution in [0.3, 0.4) is 0 Å². The number of carbonyl (C=O) groups is 1. The van der Waals surface area contributed by atoms with Crippen LogP contribution in [0.2, 0.25) is 0 Å². The first-order valence-electron chi connectivity index (χ1n) is 10.1. The van der Waals surface area contributed by atoms with Gasteiger partial charge in [-0.3, -0.25) is 0 Å². The third-order valence-corrected chi connectivity index (χ3v) is 5.45. The van der Waals surface area contributed by atoms with Crippen molar-refractivity contribution in [1.82, 2.24) is 20.4 Å². The molecule has 1 aromatic carbocycles. The molecule has 0 bridgehead atoms. The monoisotopic (exact) mass is 397 g/mol. The van der Waals surface area contributed by atoms with Crippen molar-refractivity contribution in [3.63, 3.8) is 0 Å². The number of phenolic OH excluding ortho intramolecular Hbond substituents is 1. The highest BCUT2D eigenvalue weighted by atomic mass is 16.5. The molecule has 2 aliphatic rings. The number of aromatic nitrogens is 2. The Kier molecular flexibility index (Phi) is 5.80. The number of carbonyl (C=O) groups excluding carboxylic acids is 1. The molecule has 0 aliphatic carbocycles. The molecule has 2 fully saturated rings. The van der Waals surface area contributed by atoms with Gasteiger partial charge in [-0.2, -0.15) is 5.10 Å². The number of nitrogens with one attached hydrogen (secondary N) is 1. The lowest BCUT2D eigenvalue weighted by Crippen LogP contribution is -2.54. The number of urea groups is 1. The predicted molar refractivity (Wildman–Crippen MR) is 109 cm³/mol. The smallest absolute Gasteiger partial charge is 0.317 e. The van der Waals surface area contributed by atoms with Gasteiger partial charge in [-0.05, 0) is 49.6 Å². The average molecular weight is 397 g/mol. The summed E-state index contributed by atoms with van der Waals surface area (Å²) in [6.45, 7) is 5.06. The number of aromatic hydroxyl groups is 1. The Labute approximate surface area is 170 Å². The molecule has 0 radical (unpaired) electrons. The Hall–Kier alpha value is -2.87. The standard InChI is InChI=1S/C21H27N5O3/c1-15-7-8-20(24-23-15)25-9-3-5-17(13-25)22-21(28)26-10-11-29-19(14-26)16-4-2-6-18(27)12-16/h2,4,6-8,12,17,19,27H,3,5,9-11,13-14H2,1H3,(H,22,28). The SMILES string of the molecule is Cc1ccc(N2CCCC(NC(=O)N3CCOC(c4cccc(O)c4)C3)C2)nn1. The van der Waals surface area contributed by atoms with Crippen LogP contribution in [0.5, 0.6) is 5.75 Å². The number of morpholine rings is 1. The summed E-state index contributed by atoms with van der Waals surface area (Å²) in [5.74, 6) is 1.05. The van der Waals surface area contributed by atoms with Crippen LogP contribution >= 0.6 is 0 Å². The number of hydrogen-bond donors (Lipinski definition) is 2. The molecular formula is C21H27N5O3. The molecule has 8 nitrogen and oxygen atoms in total. The van der Waals surface area contributed by atoms with Crippen LogP contribution in [0.25, 0.3) is 0 Å². The molecule has 4 rings (SSSR count). The quantitative estimate of drug-likeness (QED) is 0.826. The number of piperidine rings is 1. The Morgan fingerprint density at radius 1 is 1.21 bits per heavy atom. The summed E-state index contributed by atoms with van der Waals surface area (Å²) < 4.78 is 5.82. The van der Waals surface area contributed by atoms with Crippen molar-refractivity contribution in [3.05, 3.63) is 47.7 Å². The van der Waals surface area contributed by atoms with Gasteiger partial charge in [-0.1, -0.05) is 12.1 Å². The number of benzene rings is 1. The predicted octanol–water partition coefficient (Wildman–Crippen LogP) is 2.24. The Morgan fingerprint density at radius 3 is 2.90 bits per heavy atom. The Balaban J connectivity index is 1.35. The minimum absolute atomic E-state index is 0.0692. The van der Waals surface area contributed by atoms with E-state index in [1.54, 1.807) is 23.1 Å². The molecule has 2 N–H and O–H groups in total. The molecule has 8 heteroatoms. The van der Waals surface area contributed by atoms with Crippen molar-refractivity contribution in [1.29, 1.82) is 0 Å². The fraction of sp³-hybridized carbons (Fsp3) is 0.476. The fourth-order valence-corrected chi connectivity index (χ4v) is 3.89. The average Bonchev–Trinajstić information content (AvgIpc) is 2.74. The topological polar surface area (TPSA) is 90.8 Å². The fourth-order valence-electron chi connectivity index (χ4n) is 3.89. The van der Waals surface area contributed by atoms with Crippen LogP contribution in [0, 0.1) is 6.92 Å². The van der Waals surface area contributed by atoms with Crippen molar-refractivity contribution >= 4 is 11.8 Å². The van der Waals surface area contributed by atoms with Crippen LogP contribution in [-0.2, 0) is 4.74 Å². The van der Waals surface area contributed by atoms with Gasteiger partial charge in [0.05, 0.1) is 18.8 Å². The molecule has 2 atom stereocenters. The highest BCUT2D eigenvalue weighted by Gasteiger charge is 2.28. The first-order valence-corrected chi connectivity index (χ1v) is 10.1. The molecule has 2 aliphatic heterocycles. The number of amides is 2. The minimum Gasteiger partial charge on any atom is -0.508 e. The normalized spacial score (nSPS) is 22.4. The Bertz CT molecular complexity index is 844. The zero-order valence-electron chi connectivity index (χ0n) is 16.6. The molecule has 0 spiro atoms. The third kappa shape index (κ3) is 4.76. The van der Waals surface area contributed by atoms with E-state index in [0.717, 1.165) is 43.0 Å². The van der Waals surface area contributed by atoms with E-state index in [-0.39, 0.29) is 23.9 Å². The Morgan fingerprint density at radius 2 is 2.10 bits per heavy atom. The van der Waals surface area contributed by atoms with Gasteiger partial charge in [-0.25, -0.2) is 4.79 Å². The van der Waals surface area contributed by atoms with Crippen LogP contribution in [-0.4, -0.2) is 65.1 Å². The molecule has 0 saturated carbocycles. The largest absolute Gasteiger partial charge is 0.508 e. The van der Waals surface area contributed by atoms with E-state index >= 15 is 0 Å². The third-order valence-electron chi connectivity index (χ3n) is 5.45. The zero-order chi connectivity index (χ0) is 20.2. The highest BCUT2D eigenvalue weighted by molar-refractivity contribution is 5.74. The lowest BCUT2D eigenvalue weighted by atomic mass is 10.1. The number of ether oxygens (including phenoxy) is 1. The second kappa shape index (κ2) is 8.65. The maximum absolute atomic E-state index is 12.9. The molecule has 2 saturated heterocycles. The van der Waals surface area contributed by atoms with Crippen molar-refractivity contribution < 1.29 is 14.6 Å². The molecular weight excluding hydrogens is 370 g/mol. The van der Waals surface area contributed by atoms with E-state index in [0.29, 0.717) is 19.7 Å². The van der Waals surface area contributed by atoms with Gasteiger partial charge in [0.1, 0.15) is 11.9 Å². The number of rotatable bonds is 3. The molecule has 3 heterocycles. The van der Waals surface area contributed by atoms with Gasteiger partial charge in [0, 0.05) is 25.7 Å². The number of aryl methyl sites for hydroxylation is 1. The second-order valence-electron chi connectivity index (χ2n) is 7.67. The number of phenols is 1. The van der Waals surface area contributed by atoms with Crippen LogP contribution in [0.1, 0.15) is 30.2 Å². The van der Waals surface area contributed by atoms with E-state index in [1.165, 1.54) is 0 Å². The second-order valence-corrected chi connectivity index (χ2v) is 7.67. The van der Waals surface area contributed by atoms with Crippen molar-refractivity contribution in [3.8, 4) is 5.75 Å². The van der Waals surface area contributed by atoms with E-state index in [2.05, 4.69) is 20.4 Å².